The third-order valence-corrected chi connectivity index (χ3v) is 6.37. The Hall–Kier alpha value is -1.37. The van der Waals surface area contributed by atoms with Crippen LogP contribution in [0.3, 0.4) is 0 Å². The number of hydrogen-bond donors (Lipinski definition) is 0. The maximum absolute atomic E-state index is 13.8. The summed E-state index contributed by atoms with van der Waals surface area (Å²) in [5.74, 6) is -11.0. The van der Waals surface area contributed by atoms with E-state index < -0.39 is 34.8 Å². The van der Waals surface area contributed by atoms with Crippen LogP contribution in [0.2, 0.25) is 0 Å². The number of ether oxygens (including phenoxy) is 2. The van der Waals surface area contributed by atoms with Crippen molar-refractivity contribution in [3.63, 3.8) is 0 Å². The number of hydrogen-bond acceptors (Lipinski definition) is 2. The van der Waals surface area contributed by atoms with E-state index in [4.69, 9.17) is 9.47 Å². The lowest BCUT2D eigenvalue weighted by atomic mass is 9.77. The first-order chi connectivity index (χ1) is 14.8. The zero-order valence-electron chi connectivity index (χ0n) is 19.3. The van der Waals surface area contributed by atoms with Crippen molar-refractivity contribution in [3.05, 3.63) is 29.1 Å². The molecule has 1 atom stereocenters. The average Bonchev–Trinajstić information content (AvgIpc) is 2.78. The number of halogens is 5. The highest BCUT2D eigenvalue weighted by molar-refractivity contribution is 5.29. The van der Waals surface area contributed by atoms with Gasteiger partial charge in [-0.25, -0.2) is 13.2 Å². The monoisotopic (exact) mass is 452 g/mol. The molecule has 0 aliphatic carbocycles. The lowest BCUT2D eigenvalue weighted by Gasteiger charge is -2.39. The number of benzene rings is 1. The van der Waals surface area contributed by atoms with Crippen LogP contribution in [0.1, 0.15) is 91.4 Å². The zero-order chi connectivity index (χ0) is 23.4. The minimum absolute atomic E-state index is 0.140. The number of unbranched alkanes of at least 4 members (excludes halogenated alkanes) is 5. The van der Waals surface area contributed by atoms with E-state index in [0.29, 0.717) is 12.8 Å². The van der Waals surface area contributed by atoms with E-state index in [2.05, 4.69) is 20.8 Å². The molecule has 0 fully saturated rings. The molecule has 1 aromatic carbocycles. The SMILES string of the molecule is CCCCCCCCC(CCCOc1c(F)c(F)c(F)c(F)c1F)C(CC)(CC)OC. The first-order valence-corrected chi connectivity index (χ1v) is 11.5. The number of methoxy groups -OCH3 is 1. The molecule has 2 nitrogen and oxygen atoms in total. The standard InChI is InChI=1S/C24H37F5O2/c1-5-8-9-10-11-12-14-17(24(6-2,7-3)30-4)15-13-16-31-23-21(28)19(26)18(25)20(27)22(23)29/h17H,5-16H2,1-4H3. The maximum atomic E-state index is 13.8. The van der Waals surface area contributed by atoms with E-state index in [0.717, 1.165) is 32.1 Å². The minimum atomic E-state index is -2.18. The highest BCUT2D eigenvalue weighted by Gasteiger charge is 2.35. The Kier molecular flexibility index (Phi) is 12.4. The van der Waals surface area contributed by atoms with Gasteiger partial charge in [0.25, 0.3) is 0 Å². The van der Waals surface area contributed by atoms with E-state index in [9.17, 15) is 22.0 Å². The molecule has 0 bridgehead atoms. The predicted octanol–water partition coefficient (Wildman–Crippen LogP) is 8.11. The van der Waals surface area contributed by atoms with Crippen molar-refractivity contribution in [1.29, 1.82) is 0 Å². The average molecular weight is 453 g/mol. The van der Waals surface area contributed by atoms with Crippen LogP contribution in [0, 0.1) is 35.0 Å². The van der Waals surface area contributed by atoms with Crippen LogP contribution in [0.25, 0.3) is 0 Å². The van der Waals surface area contributed by atoms with Crippen molar-refractivity contribution in [2.75, 3.05) is 13.7 Å². The van der Waals surface area contributed by atoms with Gasteiger partial charge in [0.05, 0.1) is 12.2 Å². The largest absolute Gasteiger partial charge is 0.487 e. The third-order valence-electron chi connectivity index (χ3n) is 6.37. The molecule has 0 saturated carbocycles. The van der Waals surface area contributed by atoms with Gasteiger partial charge in [0.2, 0.25) is 29.1 Å². The summed E-state index contributed by atoms with van der Waals surface area (Å²) >= 11 is 0. The fourth-order valence-corrected chi connectivity index (χ4v) is 4.34. The first kappa shape index (κ1) is 27.7. The second-order valence-electron chi connectivity index (χ2n) is 8.12. The fraction of sp³-hybridized carbons (Fsp3) is 0.750. The Balaban J connectivity index is 2.72. The van der Waals surface area contributed by atoms with Crippen LogP contribution < -0.4 is 4.74 Å². The van der Waals surface area contributed by atoms with Crippen molar-refractivity contribution in [3.8, 4) is 5.75 Å². The summed E-state index contributed by atoms with van der Waals surface area (Å²) in [5, 5.41) is 0. The topological polar surface area (TPSA) is 18.5 Å². The molecular weight excluding hydrogens is 415 g/mol. The smallest absolute Gasteiger partial charge is 0.206 e. The van der Waals surface area contributed by atoms with Crippen LogP contribution in [0.15, 0.2) is 0 Å². The van der Waals surface area contributed by atoms with Gasteiger partial charge in [-0.3, -0.25) is 0 Å². The molecule has 0 heterocycles. The van der Waals surface area contributed by atoms with Crippen molar-refractivity contribution >= 4 is 0 Å². The predicted molar refractivity (Wildman–Crippen MR) is 113 cm³/mol. The first-order valence-electron chi connectivity index (χ1n) is 11.5. The van der Waals surface area contributed by atoms with Gasteiger partial charge in [0.1, 0.15) is 0 Å². The van der Waals surface area contributed by atoms with Crippen molar-refractivity contribution in [2.24, 2.45) is 5.92 Å². The molecule has 0 saturated heterocycles. The van der Waals surface area contributed by atoms with Gasteiger partial charge in [0, 0.05) is 7.11 Å². The van der Waals surface area contributed by atoms with E-state index in [1.54, 1.807) is 7.11 Å². The third kappa shape index (κ3) is 7.33. The van der Waals surface area contributed by atoms with Crippen molar-refractivity contribution in [1.82, 2.24) is 0 Å². The van der Waals surface area contributed by atoms with Gasteiger partial charge < -0.3 is 9.47 Å². The highest BCUT2D eigenvalue weighted by Crippen LogP contribution is 2.36. The van der Waals surface area contributed by atoms with Gasteiger partial charge in [-0.1, -0.05) is 59.3 Å². The molecule has 0 aromatic heterocycles. The minimum Gasteiger partial charge on any atom is -0.487 e. The van der Waals surface area contributed by atoms with Gasteiger partial charge in [0.15, 0.2) is 5.75 Å². The van der Waals surface area contributed by atoms with E-state index in [-0.39, 0.29) is 18.1 Å². The summed E-state index contributed by atoms with van der Waals surface area (Å²) in [6.45, 7) is 6.19. The fourth-order valence-electron chi connectivity index (χ4n) is 4.34. The quantitative estimate of drug-likeness (QED) is 0.109. The number of rotatable bonds is 16. The summed E-state index contributed by atoms with van der Waals surface area (Å²) in [6, 6.07) is 0. The van der Waals surface area contributed by atoms with Gasteiger partial charge >= 0.3 is 0 Å². The molecule has 0 aliphatic heterocycles. The van der Waals surface area contributed by atoms with E-state index in [1.807, 2.05) is 0 Å². The summed E-state index contributed by atoms with van der Waals surface area (Å²) in [5.41, 5.74) is -0.298. The Labute approximate surface area is 183 Å². The Bertz CT molecular complexity index is 625. The summed E-state index contributed by atoms with van der Waals surface area (Å²) in [7, 11) is 1.70. The molecule has 31 heavy (non-hydrogen) atoms. The van der Waals surface area contributed by atoms with Crippen LogP contribution in [0.5, 0.6) is 5.75 Å². The molecular formula is C24H37F5O2. The molecule has 1 rings (SSSR count). The maximum Gasteiger partial charge on any atom is 0.206 e. The second kappa shape index (κ2) is 13.9. The summed E-state index contributed by atoms with van der Waals surface area (Å²) < 4.78 is 78.2. The zero-order valence-corrected chi connectivity index (χ0v) is 19.3. The lowest BCUT2D eigenvalue weighted by Crippen LogP contribution is -2.39. The van der Waals surface area contributed by atoms with Crippen LogP contribution in [0.4, 0.5) is 22.0 Å². The second-order valence-corrected chi connectivity index (χ2v) is 8.12. The highest BCUT2D eigenvalue weighted by atomic mass is 19.2. The lowest BCUT2D eigenvalue weighted by molar-refractivity contribution is -0.0717. The van der Waals surface area contributed by atoms with Crippen molar-refractivity contribution < 1.29 is 31.4 Å². The van der Waals surface area contributed by atoms with Gasteiger partial charge in [-0.15, -0.1) is 0 Å². The van der Waals surface area contributed by atoms with Crippen LogP contribution >= 0.6 is 0 Å². The molecule has 1 unspecified atom stereocenters. The normalized spacial score (nSPS) is 12.9. The summed E-state index contributed by atoms with van der Waals surface area (Å²) in [6.07, 6.45) is 10.8. The van der Waals surface area contributed by atoms with E-state index in [1.165, 1.54) is 25.7 Å². The Morgan fingerprint density at radius 2 is 1.16 bits per heavy atom. The molecule has 0 amide bonds. The molecule has 7 heteroatoms. The molecule has 0 spiro atoms. The van der Waals surface area contributed by atoms with Gasteiger partial charge in [-0.2, -0.15) is 8.78 Å². The molecule has 0 radical (unpaired) electrons. The van der Waals surface area contributed by atoms with E-state index >= 15 is 0 Å². The summed E-state index contributed by atoms with van der Waals surface area (Å²) in [4.78, 5) is 0. The van der Waals surface area contributed by atoms with Gasteiger partial charge in [-0.05, 0) is 38.0 Å². The Morgan fingerprint density at radius 3 is 1.68 bits per heavy atom. The van der Waals surface area contributed by atoms with Crippen LogP contribution in [-0.4, -0.2) is 19.3 Å². The molecule has 180 valence electrons. The molecule has 0 aliphatic rings. The van der Waals surface area contributed by atoms with Crippen LogP contribution in [-0.2, 0) is 4.74 Å². The van der Waals surface area contributed by atoms with Crippen molar-refractivity contribution in [2.45, 2.75) is 97.0 Å². The Morgan fingerprint density at radius 1 is 0.677 bits per heavy atom. The molecule has 1 aromatic rings. The molecule has 0 N–H and O–H groups in total.